The summed E-state index contributed by atoms with van der Waals surface area (Å²) in [5.41, 5.74) is 2.40. The number of fused-ring (bicyclic) bond motifs is 1. The molecule has 374 valence electrons. The number of phenols is 3. The first kappa shape index (κ1) is 54.3. The zero-order valence-corrected chi connectivity index (χ0v) is 40.0. The molecule has 0 aliphatic heterocycles. The second-order valence-electron chi connectivity index (χ2n) is 14.1. The number of hydrogen-bond donors (Lipinski definition) is 9. The molecule has 27 nitrogen and oxygen atoms in total. The Morgan fingerprint density at radius 3 is 1.77 bits per heavy atom. The third kappa shape index (κ3) is 13.6. The van der Waals surface area contributed by atoms with Crippen molar-refractivity contribution in [3.63, 3.8) is 0 Å². The number of benzene rings is 5. The van der Waals surface area contributed by atoms with Crippen LogP contribution in [0.2, 0.25) is 0 Å². The molecule has 0 spiro atoms. The molecule has 0 saturated carbocycles. The molecule has 0 saturated heterocycles. The van der Waals surface area contributed by atoms with Gasteiger partial charge in [-0.05, 0) is 91.0 Å². The number of anilines is 1. The smallest absolute Gasteiger partial charge is 0.296 e. The summed E-state index contributed by atoms with van der Waals surface area (Å²) in [6, 6.07) is 10.9. The van der Waals surface area contributed by atoms with Crippen LogP contribution in [0.4, 0.5) is 34.1 Å². The fraction of sp³-hybridized carbons (Fsp3) is 0.135. The summed E-state index contributed by atoms with van der Waals surface area (Å²) in [5.74, 6) is -3.64. The maximum atomic E-state index is 13.0. The molecule has 0 aliphatic rings. The van der Waals surface area contributed by atoms with Crippen molar-refractivity contribution >= 4 is 105 Å². The number of sulfone groups is 1. The Morgan fingerprint density at radius 2 is 1.20 bits per heavy atom. The van der Waals surface area contributed by atoms with Crippen LogP contribution in [0.25, 0.3) is 10.8 Å². The minimum absolute atomic E-state index is 0.0426. The summed E-state index contributed by atoms with van der Waals surface area (Å²) in [6.45, 7) is 3.45. The lowest BCUT2D eigenvalue weighted by molar-refractivity contribution is 0.451. The van der Waals surface area contributed by atoms with Crippen LogP contribution in [0, 0.1) is 0 Å². The van der Waals surface area contributed by atoms with Gasteiger partial charge in [0.15, 0.2) is 15.6 Å². The predicted molar refractivity (Wildman–Crippen MR) is 246 cm³/mol. The average Bonchev–Trinajstić information content (AvgIpc) is 3.24. The minimum atomic E-state index is -5.44. The highest BCUT2D eigenvalue weighted by molar-refractivity contribution is 7.91. The lowest BCUT2D eigenvalue weighted by atomic mass is 10.1. The van der Waals surface area contributed by atoms with Gasteiger partial charge in [-0.1, -0.05) is 12.7 Å². The number of aromatic hydroxyl groups is 3. The number of rotatable bonds is 20. The van der Waals surface area contributed by atoms with Gasteiger partial charge in [-0.2, -0.15) is 43.9 Å². The molecule has 0 aliphatic carbocycles. The number of nitrogen functional groups attached to an aromatic ring is 1. The van der Waals surface area contributed by atoms with Crippen LogP contribution in [-0.2, 0) is 60.3 Å². The van der Waals surface area contributed by atoms with E-state index in [1.165, 1.54) is 24.3 Å². The first-order chi connectivity index (χ1) is 32.3. The van der Waals surface area contributed by atoms with Crippen LogP contribution < -0.4 is 10.5 Å². The molecule has 0 aromatic heterocycles. The number of allylic oxidation sites excluding steroid dienone is 1. The number of nitrogens with one attached hydrogen (secondary N) is 1. The molecule has 33 heteroatoms. The van der Waals surface area contributed by atoms with Gasteiger partial charge in [0, 0.05) is 12.6 Å². The summed E-state index contributed by atoms with van der Waals surface area (Å²) in [5, 5.41) is 51.8. The zero-order valence-electron chi connectivity index (χ0n) is 35.1. The van der Waals surface area contributed by atoms with Crippen molar-refractivity contribution in [3.05, 3.63) is 97.2 Å². The average molecular weight is 1090 g/mol. The first-order valence-corrected chi connectivity index (χ1v) is 27.9. The molecule has 0 radical (unpaired) electrons. The molecule has 5 aromatic rings. The summed E-state index contributed by atoms with van der Waals surface area (Å²) in [6.07, 6.45) is 2.27. The van der Waals surface area contributed by atoms with Gasteiger partial charge in [0.1, 0.15) is 48.9 Å². The highest BCUT2D eigenvalue weighted by Crippen LogP contribution is 2.48. The third-order valence-electron chi connectivity index (χ3n) is 9.16. The molecule has 0 atom stereocenters. The van der Waals surface area contributed by atoms with E-state index in [1.807, 2.05) is 0 Å². The van der Waals surface area contributed by atoms with E-state index < -0.39 is 137 Å². The molecule has 5 rings (SSSR count). The maximum Gasteiger partial charge on any atom is 0.296 e. The summed E-state index contributed by atoms with van der Waals surface area (Å²) in [4.78, 5) is -4.75. The van der Waals surface area contributed by atoms with Crippen molar-refractivity contribution in [1.82, 2.24) is 4.72 Å². The minimum Gasteiger partial charge on any atom is -0.508 e. The number of azo groups is 3. The molecule has 0 heterocycles. The van der Waals surface area contributed by atoms with E-state index in [1.54, 1.807) is 0 Å². The molecular formula is C37H36N8O19S6. The Labute approximate surface area is 398 Å². The molecule has 0 unspecified atom stereocenters. The number of nitrogens with zero attached hydrogens (tertiary/aromatic N) is 6. The van der Waals surface area contributed by atoms with Crippen molar-refractivity contribution < 1.29 is 84.0 Å². The van der Waals surface area contributed by atoms with Gasteiger partial charge in [-0.15, -0.1) is 20.5 Å². The van der Waals surface area contributed by atoms with Gasteiger partial charge < -0.3 is 21.1 Å². The topological polar surface area (TPSA) is 459 Å². The van der Waals surface area contributed by atoms with E-state index in [4.69, 9.17) is 10.3 Å². The van der Waals surface area contributed by atoms with Crippen LogP contribution in [-0.4, -0.2) is 102 Å². The highest BCUT2D eigenvalue weighted by atomic mass is 32.2. The van der Waals surface area contributed by atoms with Crippen molar-refractivity contribution in [3.8, 4) is 17.2 Å². The monoisotopic (exact) mass is 1090 g/mol. The molecule has 5 aromatic carbocycles. The van der Waals surface area contributed by atoms with E-state index in [-0.39, 0.29) is 46.4 Å². The molecule has 0 bridgehead atoms. The highest BCUT2D eigenvalue weighted by Gasteiger charge is 2.29. The molecule has 10 N–H and O–H groups in total. The summed E-state index contributed by atoms with van der Waals surface area (Å²) < 4.78 is 190. The molecule has 0 amide bonds. The molecular weight excluding hydrogens is 1050 g/mol. The van der Waals surface area contributed by atoms with Crippen LogP contribution in [0.3, 0.4) is 0 Å². The molecule has 70 heavy (non-hydrogen) atoms. The largest absolute Gasteiger partial charge is 0.508 e. The maximum absolute atomic E-state index is 13.0. The van der Waals surface area contributed by atoms with E-state index >= 15 is 0 Å². The second kappa shape index (κ2) is 20.7. The summed E-state index contributed by atoms with van der Waals surface area (Å²) >= 11 is 0. The van der Waals surface area contributed by atoms with Gasteiger partial charge in [0.25, 0.3) is 40.5 Å². The Kier molecular flexibility index (Phi) is 16.1. The number of nitrogens with two attached hydrogens (primary N) is 1. The Bertz CT molecular complexity index is 3750. The van der Waals surface area contributed by atoms with Gasteiger partial charge in [-0.25, -0.2) is 21.6 Å². The number of phenolic OH excluding ortho intramolecular Hbond substituents is 3. The summed E-state index contributed by atoms with van der Waals surface area (Å²) in [7, 11) is -29.4. The lowest BCUT2D eigenvalue weighted by Gasteiger charge is -2.14. The third-order valence-corrected chi connectivity index (χ3v) is 15.9. The van der Waals surface area contributed by atoms with Gasteiger partial charge in [-0.3, -0.25) is 18.2 Å². The van der Waals surface area contributed by atoms with Gasteiger partial charge >= 0.3 is 0 Å². The van der Waals surface area contributed by atoms with Crippen molar-refractivity contribution in [2.24, 2.45) is 30.7 Å². The van der Waals surface area contributed by atoms with Crippen molar-refractivity contribution in [2.75, 3.05) is 23.8 Å². The Balaban J connectivity index is 1.47. The normalized spacial score (nSPS) is 13.5. The van der Waals surface area contributed by atoms with Crippen LogP contribution >= 0.6 is 0 Å². The first-order valence-electron chi connectivity index (χ1n) is 18.9. The predicted octanol–water partition coefficient (Wildman–Crippen LogP) is 5.68. The van der Waals surface area contributed by atoms with E-state index in [0.29, 0.717) is 24.3 Å². The number of hydrogen-bond acceptors (Lipinski definition) is 22. The second-order valence-corrected chi connectivity index (χ2v) is 23.7. The van der Waals surface area contributed by atoms with E-state index in [9.17, 15) is 79.5 Å². The van der Waals surface area contributed by atoms with E-state index in [0.717, 1.165) is 36.4 Å². The standard InChI is InChI=1S/C37H36N8O19S6/c1-2-22(40-42-27-12-8-24(46)19-29(27)47)5-3-14-39-67(54,55)25-9-6-23(7-10-25)41-45-36-32(70(62,63)64)18-21-17-31(69(59,60)61)35(34(38)33(21)37(36)48)44-43-28-13-11-26(20-30(28)68(56,57)58)65(49,50)15-4-16-66(51,52)53/h2,5-13,17-20,39,46-48H,1,3-4,14-16,38H2,(H,51,52,53)(H,56,57,58)(H,59,60,61)(H,62,63,64)/b22-5+,42-40+,44-43+,45-41+. The number of sulfonamides is 1. The quantitative estimate of drug-likeness (QED) is 0.0149. The Hall–Kier alpha value is -6.66. The molecule has 0 fully saturated rings. The zero-order chi connectivity index (χ0) is 52.2. The fourth-order valence-corrected chi connectivity index (χ4v) is 11.0. The van der Waals surface area contributed by atoms with Crippen LogP contribution in [0.1, 0.15) is 12.8 Å². The SMILES string of the molecule is C=CC(=C\CCNS(=O)(=O)c1ccc(/N=N/c2c(S(=O)(=O)O)cc3cc(S(=O)(=O)O)c(/N=N/c4ccc(S(=O)(=O)CCCS(=O)(=O)O)cc4S(=O)(=O)O)c(N)c3c2O)cc1)/N=N/c1ccc(O)cc1O. The fourth-order valence-electron chi connectivity index (χ4n) is 5.90. The van der Waals surface area contributed by atoms with Gasteiger partial charge in [0.2, 0.25) is 10.0 Å². The van der Waals surface area contributed by atoms with Crippen LogP contribution in [0.5, 0.6) is 17.2 Å². The van der Waals surface area contributed by atoms with Crippen molar-refractivity contribution in [2.45, 2.75) is 37.3 Å². The van der Waals surface area contributed by atoms with Crippen molar-refractivity contribution in [1.29, 1.82) is 0 Å². The lowest BCUT2D eigenvalue weighted by Crippen LogP contribution is -2.24. The Morgan fingerprint density at radius 1 is 0.629 bits per heavy atom. The van der Waals surface area contributed by atoms with Gasteiger partial charge in [0.05, 0.1) is 43.8 Å². The van der Waals surface area contributed by atoms with E-state index in [2.05, 4.69) is 42.0 Å². The van der Waals surface area contributed by atoms with Crippen LogP contribution in [0.15, 0.2) is 152 Å².